The summed E-state index contributed by atoms with van der Waals surface area (Å²) in [5.41, 5.74) is 15.9. The molecule has 450 valence electrons. The quantitative estimate of drug-likeness (QED) is 0.106. The third kappa shape index (κ3) is 9.73. The van der Waals surface area contributed by atoms with E-state index in [0.717, 1.165) is 137 Å². The third-order valence-electron chi connectivity index (χ3n) is 18.8. The van der Waals surface area contributed by atoms with Crippen molar-refractivity contribution in [2.24, 2.45) is 16.2 Å². The lowest BCUT2D eigenvalue weighted by Crippen LogP contribution is -2.36. The number of ketones is 3. The molecule has 0 radical (unpaired) electrons. The first-order chi connectivity index (χ1) is 43.4. The Morgan fingerprint density at radius 3 is 0.922 bits per heavy atom. The summed E-state index contributed by atoms with van der Waals surface area (Å²) in [5.74, 6) is 4.70. The molecule has 10 aromatic rings. The number of Topliss-reactive ketones (excluding diaryl/α,β-unsaturated/α-hetero) is 3. The summed E-state index contributed by atoms with van der Waals surface area (Å²) in [6, 6.07) is 53.9. The fourth-order valence-electron chi connectivity index (χ4n) is 15.0. The maximum Gasteiger partial charge on any atom is 0.209 e. The molecule has 6 aliphatic rings. The first-order valence-corrected chi connectivity index (χ1v) is 31.3. The van der Waals surface area contributed by atoms with E-state index in [1.54, 1.807) is 0 Å². The maximum atomic E-state index is 14.1. The molecule has 3 aliphatic heterocycles. The van der Waals surface area contributed by atoms with Crippen molar-refractivity contribution in [3.05, 3.63) is 231 Å². The molecule has 15 heteroatoms. The second-order valence-electron chi connectivity index (χ2n) is 27.7. The van der Waals surface area contributed by atoms with E-state index in [-0.39, 0.29) is 71.5 Å². The minimum Gasteiger partial charge on any atom is -0.489 e. The molecule has 7 aromatic carbocycles. The Bertz CT molecular complexity index is 4260. The van der Waals surface area contributed by atoms with Gasteiger partial charge < -0.3 is 30.2 Å². The van der Waals surface area contributed by atoms with Gasteiger partial charge in [0.25, 0.3) is 0 Å². The summed E-state index contributed by atoms with van der Waals surface area (Å²) in [5, 5.41) is 10.7. The minimum absolute atomic E-state index is 0.148. The largest absolute Gasteiger partial charge is 0.489 e. The molecule has 3 aliphatic carbocycles. The summed E-state index contributed by atoms with van der Waals surface area (Å²) in [6.07, 6.45) is 3.67. The van der Waals surface area contributed by atoms with Crippen LogP contribution in [0.3, 0.4) is 0 Å². The molecule has 3 unspecified atom stereocenters. The van der Waals surface area contributed by atoms with Crippen LogP contribution in [0.5, 0.6) is 17.2 Å². The minimum atomic E-state index is -0.352. The van der Waals surface area contributed by atoms with E-state index < -0.39 is 0 Å². The summed E-state index contributed by atoms with van der Waals surface area (Å²) < 4.78 is 26.4. The number of hydrogen-bond donors (Lipinski definition) is 3. The number of hydrogen-bond acceptors (Lipinski definition) is 12. The van der Waals surface area contributed by atoms with Gasteiger partial charge >= 0.3 is 0 Å². The fourth-order valence-corrected chi connectivity index (χ4v) is 15.0. The van der Waals surface area contributed by atoms with Crippen molar-refractivity contribution in [2.75, 3.05) is 16.0 Å². The van der Waals surface area contributed by atoms with Gasteiger partial charge in [0, 0.05) is 53.1 Å². The van der Waals surface area contributed by atoms with Crippen LogP contribution in [0.25, 0.3) is 33.1 Å². The molecular weight excluding hydrogens is 1120 g/mol. The molecule has 15 nitrogen and oxygen atoms in total. The molecule has 90 heavy (non-hydrogen) atoms. The molecule has 0 saturated carbocycles. The van der Waals surface area contributed by atoms with Crippen molar-refractivity contribution in [2.45, 2.75) is 118 Å². The van der Waals surface area contributed by atoms with E-state index in [9.17, 15) is 14.4 Å². The third-order valence-corrected chi connectivity index (χ3v) is 18.8. The number of carbonyl (C=O) groups is 3. The smallest absolute Gasteiger partial charge is 0.209 e. The van der Waals surface area contributed by atoms with Crippen LogP contribution < -0.4 is 30.2 Å². The number of anilines is 3. The Balaban J connectivity index is 0.685. The average Bonchev–Trinajstić information content (AvgIpc) is 1.60. The monoisotopic (exact) mass is 1190 g/mol. The molecule has 6 heterocycles. The Labute approximate surface area is 521 Å². The molecule has 16 rings (SSSR count). The Kier molecular flexibility index (Phi) is 12.8. The van der Waals surface area contributed by atoms with Crippen LogP contribution in [0.15, 0.2) is 198 Å². The summed E-state index contributed by atoms with van der Waals surface area (Å²) in [6.45, 7) is 13.7. The summed E-state index contributed by atoms with van der Waals surface area (Å²) in [7, 11) is 0. The highest BCUT2D eigenvalue weighted by Crippen LogP contribution is 2.51. The second kappa shape index (κ2) is 20.8. The van der Waals surface area contributed by atoms with Crippen LogP contribution >= 0.6 is 0 Å². The van der Waals surface area contributed by atoms with Crippen LogP contribution in [-0.4, -0.2) is 46.0 Å². The molecule has 3 atom stereocenters. The molecule has 3 aromatic heterocycles. The van der Waals surface area contributed by atoms with Crippen molar-refractivity contribution < 1.29 is 28.6 Å². The SMILES string of the molecule is CC1(C)CC(=O)C2=C(C1)Nc1nc3ccccc3n1C2c1ccc(OCc2cc(COc3ccc(C4C5=C(CC(C)(C)CC5=O)Nc5nc6ccccc6n54)cc3)cc(COc3ccc(C4C5=C(CC(C)(C)CC5=O)Nc5nc6ccccc6n54)cc3)c2)cc1. The van der Waals surface area contributed by atoms with Crippen molar-refractivity contribution in [1.82, 2.24) is 28.7 Å². The molecule has 0 fully saturated rings. The Morgan fingerprint density at radius 2 is 0.644 bits per heavy atom. The Hall–Kier alpha value is -10.0. The lowest BCUT2D eigenvalue weighted by Gasteiger charge is -2.39. The van der Waals surface area contributed by atoms with Gasteiger partial charge in [-0.3, -0.25) is 28.1 Å². The topological polar surface area (TPSA) is 168 Å². The fraction of sp³-hybridized carbons (Fsp3) is 0.280. The zero-order chi connectivity index (χ0) is 61.4. The van der Waals surface area contributed by atoms with E-state index >= 15 is 0 Å². The number of imidazole rings is 3. The predicted octanol–water partition coefficient (Wildman–Crippen LogP) is 15.4. The molecule has 0 bridgehead atoms. The van der Waals surface area contributed by atoms with Gasteiger partial charge in [0.15, 0.2) is 17.3 Å². The van der Waals surface area contributed by atoms with Gasteiger partial charge in [-0.25, -0.2) is 15.0 Å². The highest BCUT2D eigenvalue weighted by Gasteiger charge is 2.45. The lowest BCUT2D eigenvalue weighted by molar-refractivity contribution is -0.119. The number of allylic oxidation sites excluding steroid dienone is 6. The van der Waals surface area contributed by atoms with Crippen LogP contribution in [0.4, 0.5) is 17.8 Å². The van der Waals surface area contributed by atoms with Crippen molar-refractivity contribution in [3.63, 3.8) is 0 Å². The zero-order valence-electron chi connectivity index (χ0n) is 51.3. The average molecular weight is 1190 g/mol. The lowest BCUT2D eigenvalue weighted by atomic mass is 9.73. The number of benzene rings is 7. The molecular formula is C75H69N9O6. The molecule has 0 amide bonds. The zero-order valence-corrected chi connectivity index (χ0v) is 51.3. The van der Waals surface area contributed by atoms with Crippen LogP contribution in [-0.2, 0) is 34.2 Å². The first-order valence-electron chi connectivity index (χ1n) is 31.3. The number of aromatic nitrogens is 6. The Morgan fingerprint density at radius 1 is 0.378 bits per heavy atom. The van der Waals surface area contributed by atoms with E-state index in [1.165, 1.54) is 0 Å². The van der Waals surface area contributed by atoms with E-state index in [4.69, 9.17) is 29.2 Å². The van der Waals surface area contributed by atoms with Crippen molar-refractivity contribution >= 4 is 68.3 Å². The van der Waals surface area contributed by atoms with Gasteiger partial charge in [0.1, 0.15) is 37.1 Å². The molecule has 0 saturated heterocycles. The van der Waals surface area contributed by atoms with E-state index in [2.05, 4.69) is 144 Å². The molecule has 0 spiro atoms. The number of nitrogens with zero attached hydrogens (tertiary/aromatic N) is 6. The number of nitrogens with one attached hydrogen (secondary N) is 3. The number of fused-ring (bicyclic) bond motifs is 9. The second-order valence-corrected chi connectivity index (χ2v) is 27.7. The van der Waals surface area contributed by atoms with Gasteiger partial charge in [-0.05, 0) is 160 Å². The van der Waals surface area contributed by atoms with Crippen LogP contribution in [0.1, 0.15) is 132 Å². The van der Waals surface area contributed by atoms with Crippen molar-refractivity contribution in [1.29, 1.82) is 0 Å². The van der Waals surface area contributed by atoms with Crippen LogP contribution in [0.2, 0.25) is 0 Å². The number of carbonyl (C=O) groups excluding carboxylic acids is 3. The van der Waals surface area contributed by atoms with Gasteiger partial charge in [0.2, 0.25) is 17.8 Å². The summed E-state index contributed by atoms with van der Waals surface area (Å²) >= 11 is 0. The maximum absolute atomic E-state index is 14.1. The first kappa shape index (κ1) is 55.3. The highest BCUT2D eigenvalue weighted by molar-refractivity contribution is 6.03. The normalized spacial score (nSPS) is 20.3. The number of para-hydroxylation sites is 6. The van der Waals surface area contributed by atoms with Gasteiger partial charge in [-0.15, -0.1) is 0 Å². The highest BCUT2D eigenvalue weighted by atomic mass is 16.5. The molecule has 3 N–H and O–H groups in total. The number of ether oxygens (including phenoxy) is 3. The van der Waals surface area contributed by atoms with Crippen LogP contribution in [0, 0.1) is 16.2 Å². The van der Waals surface area contributed by atoms with E-state index in [0.29, 0.717) is 36.5 Å². The van der Waals surface area contributed by atoms with Gasteiger partial charge in [-0.1, -0.05) is 114 Å². The van der Waals surface area contributed by atoms with Gasteiger partial charge in [-0.2, -0.15) is 0 Å². The number of rotatable bonds is 12. The van der Waals surface area contributed by atoms with E-state index in [1.807, 2.05) is 91.0 Å². The predicted molar refractivity (Wildman–Crippen MR) is 348 cm³/mol. The van der Waals surface area contributed by atoms with Crippen molar-refractivity contribution in [3.8, 4) is 17.2 Å². The van der Waals surface area contributed by atoms with Gasteiger partial charge in [0.05, 0.1) is 51.2 Å². The standard InChI is InChI=1S/C75H69N9O6/c1-73(2)34-55-64(61(85)37-73)67(82-58-16-10-7-13-52(58)76-70(82)79-55)46-19-25-49(26-20-46)88-40-43-31-44(41-89-50-27-21-47(22-28-50)68-65-56(35-74(3,4)38-62(65)86)80-71-77-53-14-8-11-17-59(53)83(68)71)33-45(32-43)42-90-51-29-23-48(24-30-51)69-66-57(36-75(5,6)39-63(66)87)81-72-78-54-15-9-12-18-60(54)84(69)72/h7-33,67-69H,34-42H2,1-6H3,(H,76,79)(H,77,80)(H,78,81). The summed E-state index contributed by atoms with van der Waals surface area (Å²) in [4.78, 5) is 57.4.